The summed E-state index contributed by atoms with van der Waals surface area (Å²) < 4.78 is 0. The quantitative estimate of drug-likeness (QED) is 0.769. The number of thiazole rings is 1. The molecular weight excluding hydrogens is 204 g/mol. The number of hydrogen-bond acceptors (Lipinski definition) is 3. The van der Waals surface area contributed by atoms with Gasteiger partial charge in [-0.2, -0.15) is 5.26 Å². The van der Waals surface area contributed by atoms with Gasteiger partial charge in [0.1, 0.15) is 5.01 Å². The van der Waals surface area contributed by atoms with Gasteiger partial charge in [0, 0.05) is 16.6 Å². The van der Waals surface area contributed by atoms with Crippen molar-refractivity contribution in [2.75, 3.05) is 0 Å². The number of aryl methyl sites for hydroxylation is 1. The molecule has 2 rings (SSSR count). The summed E-state index contributed by atoms with van der Waals surface area (Å²) >= 11 is 1.65. The average Bonchev–Trinajstić information content (AvgIpc) is 2.67. The van der Waals surface area contributed by atoms with Crippen LogP contribution in [-0.4, -0.2) is 4.98 Å². The molecule has 0 saturated heterocycles. The topological polar surface area (TPSA) is 36.7 Å². The van der Waals surface area contributed by atoms with Gasteiger partial charge in [-0.1, -0.05) is 24.3 Å². The van der Waals surface area contributed by atoms with Gasteiger partial charge in [0.05, 0.1) is 12.5 Å². The molecule has 0 aliphatic carbocycles. The molecule has 1 aromatic heterocycles. The Bertz CT molecular complexity index is 491. The first-order valence-electron chi connectivity index (χ1n) is 4.68. The minimum absolute atomic E-state index is 0.469. The monoisotopic (exact) mass is 214 g/mol. The summed E-state index contributed by atoms with van der Waals surface area (Å²) in [6.45, 7) is 1.99. The number of aromatic nitrogens is 1. The van der Waals surface area contributed by atoms with Crippen molar-refractivity contribution in [3.8, 4) is 16.6 Å². The molecule has 0 fully saturated rings. The minimum Gasteiger partial charge on any atom is -0.241 e. The fraction of sp³-hybridized carbons (Fsp3) is 0.167. The van der Waals surface area contributed by atoms with E-state index in [-0.39, 0.29) is 0 Å². The Labute approximate surface area is 92.8 Å². The van der Waals surface area contributed by atoms with Crippen LogP contribution in [0.25, 0.3) is 10.6 Å². The van der Waals surface area contributed by atoms with Crippen molar-refractivity contribution in [3.05, 3.63) is 40.9 Å². The number of benzene rings is 1. The van der Waals surface area contributed by atoms with Crippen molar-refractivity contribution >= 4 is 11.3 Å². The summed E-state index contributed by atoms with van der Waals surface area (Å²) in [6.07, 6.45) is 0.469. The summed E-state index contributed by atoms with van der Waals surface area (Å²) in [5.74, 6) is 0. The molecular formula is C12H10N2S. The fourth-order valence-electron chi connectivity index (χ4n) is 1.34. The highest BCUT2D eigenvalue weighted by Crippen LogP contribution is 2.23. The summed E-state index contributed by atoms with van der Waals surface area (Å²) in [5.41, 5.74) is 3.22. The third-order valence-electron chi connectivity index (χ3n) is 2.10. The lowest BCUT2D eigenvalue weighted by Gasteiger charge is -1.97. The predicted octanol–water partition coefficient (Wildman–Crippen LogP) is 3.18. The summed E-state index contributed by atoms with van der Waals surface area (Å²) in [4.78, 5) is 4.41. The van der Waals surface area contributed by atoms with Gasteiger partial charge >= 0.3 is 0 Å². The molecule has 0 atom stereocenters. The van der Waals surface area contributed by atoms with Crippen molar-refractivity contribution in [1.82, 2.24) is 4.98 Å². The van der Waals surface area contributed by atoms with Crippen molar-refractivity contribution in [2.24, 2.45) is 0 Å². The molecule has 0 unspecified atom stereocenters. The van der Waals surface area contributed by atoms with Crippen LogP contribution in [0.4, 0.5) is 0 Å². The van der Waals surface area contributed by atoms with Crippen LogP contribution in [0.1, 0.15) is 11.3 Å². The first-order valence-corrected chi connectivity index (χ1v) is 5.56. The van der Waals surface area contributed by atoms with Crippen LogP contribution < -0.4 is 0 Å². The maximum absolute atomic E-state index is 8.55. The van der Waals surface area contributed by atoms with E-state index in [1.54, 1.807) is 11.3 Å². The molecule has 74 valence electrons. The van der Waals surface area contributed by atoms with Crippen molar-refractivity contribution in [2.45, 2.75) is 13.3 Å². The van der Waals surface area contributed by atoms with Crippen LogP contribution in [0.3, 0.4) is 0 Å². The van der Waals surface area contributed by atoms with Crippen molar-refractivity contribution in [1.29, 1.82) is 5.26 Å². The van der Waals surface area contributed by atoms with E-state index in [2.05, 4.69) is 11.1 Å². The first kappa shape index (κ1) is 9.88. The number of nitrogens with zero attached hydrogens (tertiary/aromatic N) is 2. The number of hydrogen-bond donors (Lipinski definition) is 0. The highest BCUT2D eigenvalue weighted by molar-refractivity contribution is 7.13. The Morgan fingerprint density at radius 3 is 2.60 bits per heavy atom. The predicted molar refractivity (Wildman–Crippen MR) is 61.6 cm³/mol. The molecule has 3 heteroatoms. The Balaban J connectivity index is 2.28. The molecule has 0 saturated carbocycles. The molecule has 0 aliphatic rings. The molecule has 0 amide bonds. The van der Waals surface area contributed by atoms with E-state index in [1.165, 1.54) is 0 Å². The Kier molecular flexibility index (Phi) is 2.79. The van der Waals surface area contributed by atoms with Gasteiger partial charge in [0.2, 0.25) is 0 Å². The van der Waals surface area contributed by atoms with E-state index >= 15 is 0 Å². The van der Waals surface area contributed by atoms with Crippen LogP contribution in [-0.2, 0) is 6.42 Å². The Morgan fingerprint density at radius 2 is 2.07 bits per heavy atom. The molecule has 0 aliphatic heterocycles. The maximum Gasteiger partial charge on any atom is 0.123 e. The highest BCUT2D eigenvalue weighted by Gasteiger charge is 2.01. The van der Waals surface area contributed by atoms with Crippen molar-refractivity contribution in [3.63, 3.8) is 0 Å². The van der Waals surface area contributed by atoms with Gasteiger partial charge in [-0.05, 0) is 12.5 Å². The first-order chi connectivity index (χ1) is 7.29. The van der Waals surface area contributed by atoms with E-state index in [9.17, 15) is 0 Å². The Hall–Kier alpha value is -1.66. The number of rotatable bonds is 2. The molecule has 1 aromatic carbocycles. The van der Waals surface area contributed by atoms with Gasteiger partial charge in [-0.3, -0.25) is 0 Å². The van der Waals surface area contributed by atoms with Crippen LogP contribution in [0.15, 0.2) is 29.6 Å². The molecule has 0 radical (unpaired) electrons. The second kappa shape index (κ2) is 4.24. The van der Waals surface area contributed by atoms with Gasteiger partial charge in [-0.25, -0.2) is 4.98 Å². The minimum atomic E-state index is 0.469. The molecule has 15 heavy (non-hydrogen) atoms. The van der Waals surface area contributed by atoms with E-state index in [1.807, 2.05) is 36.6 Å². The van der Waals surface area contributed by atoms with Crippen LogP contribution in [0.2, 0.25) is 0 Å². The van der Waals surface area contributed by atoms with Gasteiger partial charge in [0.15, 0.2) is 0 Å². The largest absolute Gasteiger partial charge is 0.241 e. The summed E-state index contributed by atoms with van der Waals surface area (Å²) in [5, 5.41) is 11.6. The van der Waals surface area contributed by atoms with E-state index in [0.29, 0.717) is 6.42 Å². The third-order valence-corrected chi connectivity index (χ3v) is 3.11. The standard InChI is InChI=1S/C12H10N2S/c1-9-8-15-12(14-9)11-4-2-10(3-5-11)6-7-13/h2-5,8H,6H2,1H3. The molecule has 0 N–H and O–H groups in total. The van der Waals surface area contributed by atoms with Gasteiger partial charge in [0.25, 0.3) is 0 Å². The molecule has 0 spiro atoms. The molecule has 2 aromatic rings. The van der Waals surface area contributed by atoms with E-state index < -0.39 is 0 Å². The van der Waals surface area contributed by atoms with Crippen LogP contribution in [0, 0.1) is 18.3 Å². The zero-order chi connectivity index (χ0) is 10.7. The average molecular weight is 214 g/mol. The maximum atomic E-state index is 8.55. The lowest BCUT2D eigenvalue weighted by molar-refractivity contribution is 1.25. The highest BCUT2D eigenvalue weighted by atomic mass is 32.1. The third kappa shape index (κ3) is 2.23. The second-order valence-corrected chi connectivity index (χ2v) is 4.18. The van der Waals surface area contributed by atoms with Crippen molar-refractivity contribution < 1.29 is 0 Å². The molecule has 1 heterocycles. The zero-order valence-corrected chi connectivity index (χ0v) is 9.21. The number of nitriles is 1. The Morgan fingerprint density at radius 1 is 1.33 bits per heavy atom. The van der Waals surface area contributed by atoms with Crippen LogP contribution in [0.5, 0.6) is 0 Å². The van der Waals surface area contributed by atoms with E-state index in [4.69, 9.17) is 5.26 Å². The lowest BCUT2D eigenvalue weighted by Crippen LogP contribution is -1.82. The van der Waals surface area contributed by atoms with E-state index in [0.717, 1.165) is 21.8 Å². The lowest BCUT2D eigenvalue weighted by atomic mass is 10.1. The second-order valence-electron chi connectivity index (χ2n) is 3.33. The summed E-state index contributed by atoms with van der Waals surface area (Å²) in [7, 11) is 0. The van der Waals surface area contributed by atoms with Gasteiger partial charge in [-0.15, -0.1) is 11.3 Å². The zero-order valence-electron chi connectivity index (χ0n) is 8.40. The fourth-order valence-corrected chi connectivity index (χ4v) is 2.15. The molecule has 2 nitrogen and oxygen atoms in total. The van der Waals surface area contributed by atoms with Gasteiger partial charge < -0.3 is 0 Å². The smallest absolute Gasteiger partial charge is 0.123 e. The van der Waals surface area contributed by atoms with Crippen LogP contribution >= 0.6 is 11.3 Å². The summed E-state index contributed by atoms with van der Waals surface area (Å²) in [6, 6.07) is 10.1. The SMILES string of the molecule is Cc1csc(-c2ccc(CC#N)cc2)n1. The molecule has 0 bridgehead atoms. The normalized spacial score (nSPS) is 9.87.